The fourth-order valence-corrected chi connectivity index (χ4v) is 5.86. The Bertz CT molecular complexity index is 1810. The molecule has 200 valence electrons. The molecule has 4 nitrogen and oxygen atoms in total. The summed E-state index contributed by atoms with van der Waals surface area (Å²) in [4.78, 5) is 14.3. The van der Waals surface area contributed by atoms with E-state index in [0.29, 0.717) is 0 Å². The van der Waals surface area contributed by atoms with Gasteiger partial charge in [-0.2, -0.15) is 0 Å². The van der Waals surface area contributed by atoms with Gasteiger partial charge < -0.3 is 4.57 Å². The van der Waals surface area contributed by atoms with Crippen molar-refractivity contribution < 1.29 is 0 Å². The molecular weight excluding hydrogens is 500 g/mol. The fraction of sp³-hybridized carbons (Fsp3) is 0.108. The Kier molecular flexibility index (Phi) is 7.13. The number of benzene rings is 3. The lowest BCUT2D eigenvalue weighted by molar-refractivity contribution is 0.546. The van der Waals surface area contributed by atoms with Crippen LogP contribution in [0.5, 0.6) is 0 Å². The third-order valence-electron chi connectivity index (χ3n) is 7.52. The van der Waals surface area contributed by atoms with Crippen molar-refractivity contribution >= 4 is 21.9 Å². The number of aromatic nitrogens is 4. The minimum Gasteiger partial charge on any atom is -0.307 e. The van der Waals surface area contributed by atoms with E-state index in [2.05, 4.69) is 130 Å². The highest BCUT2D eigenvalue weighted by Crippen LogP contribution is 2.45. The van der Waals surface area contributed by atoms with Crippen LogP contribution in [0.3, 0.4) is 0 Å². The van der Waals surface area contributed by atoms with E-state index in [1.165, 1.54) is 0 Å². The number of fused-ring (bicyclic) bond motifs is 3. The molecule has 0 aliphatic heterocycles. The molecule has 0 unspecified atom stereocenters. The zero-order chi connectivity index (χ0) is 28.2. The lowest BCUT2D eigenvalue weighted by Gasteiger charge is -2.38. The molecule has 4 heteroatoms. The largest absolute Gasteiger partial charge is 0.307 e. The van der Waals surface area contributed by atoms with Gasteiger partial charge in [-0.1, -0.05) is 105 Å². The molecule has 0 N–H and O–H groups in total. The molecule has 0 aliphatic rings. The second kappa shape index (κ2) is 11.2. The number of hydrogen-bond acceptors (Lipinski definition) is 3. The highest BCUT2D eigenvalue weighted by molar-refractivity contribution is 6.07. The quantitative estimate of drug-likeness (QED) is 0.208. The maximum absolute atomic E-state index is 5.37. The second-order valence-corrected chi connectivity index (χ2v) is 9.79. The van der Waals surface area contributed by atoms with Gasteiger partial charge in [0.1, 0.15) is 11.2 Å². The van der Waals surface area contributed by atoms with E-state index in [0.717, 1.165) is 55.6 Å². The molecule has 0 spiro atoms. The van der Waals surface area contributed by atoms with E-state index in [1.54, 1.807) is 0 Å². The van der Waals surface area contributed by atoms with Gasteiger partial charge in [0.25, 0.3) is 0 Å². The molecule has 0 aliphatic carbocycles. The van der Waals surface area contributed by atoms with Gasteiger partial charge in [-0.15, -0.1) is 0 Å². The van der Waals surface area contributed by atoms with Crippen molar-refractivity contribution in [2.75, 3.05) is 0 Å². The van der Waals surface area contributed by atoms with E-state index in [1.807, 2.05) is 45.4 Å². The van der Waals surface area contributed by atoms with Crippen molar-refractivity contribution in [1.29, 1.82) is 0 Å². The van der Waals surface area contributed by atoms with Crippen LogP contribution >= 0.6 is 0 Å². The average molecular weight is 533 g/mol. The van der Waals surface area contributed by atoms with E-state index >= 15 is 0 Å². The van der Waals surface area contributed by atoms with E-state index < -0.39 is 5.54 Å². The Morgan fingerprint density at radius 1 is 0.610 bits per heavy atom. The van der Waals surface area contributed by atoms with Crippen LogP contribution in [0.4, 0.5) is 0 Å². The molecule has 0 radical (unpaired) electrons. The molecule has 4 heterocycles. The van der Waals surface area contributed by atoms with Crippen LogP contribution in [0.25, 0.3) is 33.2 Å². The second-order valence-electron chi connectivity index (χ2n) is 9.79. The standard InChI is InChI=1S/C35H26N4.C2H6/c1-25-23-26(19-22-37-25)32-18-17-30-31-24-36-21-20-33(31)39(34(30)38-32)35(27-11-5-2-6-12-27,28-13-7-3-8-14-28)29-15-9-4-10-16-29;1-2/h2-24H,1H3;1-2H3. The summed E-state index contributed by atoms with van der Waals surface area (Å²) in [6.45, 7) is 6.01. The number of aryl methyl sites for hydroxylation is 1. The lowest BCUT2D eigenvalue weighted by atomic mass is 9.76. The summed E-state index contributed by atoms with van der Waals surface area (Å²) in [6.07, 6.45) is 5.67. The first-order chi connectivity index (χ1) is 20.3. The van der Waals surface area contributed by atoms with Crippen LogP contribution in [-0.2, 0) is 5.54 Å². The van der Waals surface area contributed by atoms with Crippen LogP contribution in [-0.4, -0.2) is 19.5 Å². The fourth-order valence-electron chi connectivity index (χ4n) is 5.86. The predicted molar refractivity (Wildman–Crippen MR) is 169 cm³/mol. The Morgan fingerprint density at radius 2 is 1.20 bits per heavy atom. The zero-order valence-electron chi connectivity index (χ0n) is 23.6. The average Bonchev–Trinajstić information content (AvgIpc) is 3.38. The summed E-state index contributed by atoms with van der Waals surface area (Å²) < 4.78 is 2.41. The van der Waals surface area contributed by atoms with Gasteiger partial charge >= 0.3 is 0 Å². The molecule has 0 amide bonds. The predicted octanol–water partition coefficient (Wildman–Crippen LogP) is 8.82. The molecule has 4 aromatic heterocycles. The van der Waals surface area contributed by atoms with Gasteiger partial charge in [-0.25, -0.2) is 4.98 Å². The summed E-state index contributed by atoms with van der Waals surface area (Å²) in [5.74, 6) is 0. The molecule has 3 aromatic carbocycles. The highest BCUT2D eigenvalue weighted by Gasteiger charge is 2.41. The maximum Gasteiger partial charge on any atom is 0.143 e. The van der Waals surface area contributed by atoms with Gasteiger partial charge in [-0.05, 0) is 53.9 Å². The Balaban J connectivity index is 0.00000148. The van der Waals surface area contributed by atoms with Crippen molar-refractivity contribution in [2.24, 2.45) is 0 Å². The van der Waals surface area contributed by atoms with Crippen LogP contribution in [0, 0.1) is 6.92 Å². The first-order valence-electron chi connectivity index (χ1n) is 14.1. The first kappa shape index (κ1) is 26.1. The topological polar surface area (TPSA) is 43.6 Å². The molecular formula is C37H32N4. The van der Waals surface area contributed by atoms with E-state index in [9.17, 15) is 0 Å². The normalized spacial score (nSPS) is 11.3. The van der Waals surface area contributed by atoms with Gasteiger partial charge in [-0.3, -0.25) is 9.97 Å². The minimum absolute atomic E-state index is 0.690. The third kappa shape index (κ3) is 4.38. The van der Waals surface area contributed by atoms with E-state index in [4.69, 9.17) is 4.98 Å². The van der Waals surface area contributed by atoms with Crippen molar-refractivity contribution in [1.82, 2.24) is 19.5 Å². The number of nitrogens with zero attached hydrogens (tertiary/aromatic N) is 4. The van der Waals surface area contributed by atoms with E-state index in [-0.39, 0.29) is 0 Å². The van der Waals surface area contributed by atoms with Gasteiger partial charge in [0, 0.05) is 40.6 Å². The molecule has 0 saturated heterocycles. The molecule has 0 saturated carbocycles. The van der Waals surface area contributed by atoms with Crippen LogP contribution in [0.15, 0.2) is 140 Å². The highest BCUT2D eigenvalue weighted by atomic mass is 15.1. The molecule has 0 fully saturated rings. The van der Waals surface area contributed by atoms with Crippen molar-refractivity contribution in [2.45, 2.75) is 26.3 Å². The van der Waals surface area contributed by atoms with Crippen molar-refractivity contribution in [3.8, 4) is 11.3 Å². The minimum atomic E-state index is -0.690. The molecule has 7 rings (SSSR count). The Morgan fingerprint density at radius 3 is 1.76 bits per heavy atom. The van der Waals surface area contributed by atoms with Gasteiger partial charge in [0.15, 0.2) is 0 Å². The molecule has 41 heavy (non-hydrogen) atoms. The molecule has 7 aromatic rings. The summed E-state index contributed by atoms with van der Waals surface area (Å²) in [6, 6.07) is 42.7. The maximum atomic E-state index is 5.37. The number of pyridine rings is 3. The Hall–Kier alpha value is -5.09. The monoisotopic (exact) mass is 532 g/mol. The number of hydrogen-bond donors (Lipinski definition) is 0. The SMILES string of the molecule is CC.Cc1cc(-c2ccc3c4cnccc4n(C(c4ccccc4)(c4ccccc4)c4ccccc4)c3n2)ccn1. The number of rotatable bonds is 5. The molecule has 0 bridgehead atoms. The van der Waals surface area contributed by atoms with Crippen LogP contribution in [0.2, 0.25) is 0 Å². The van der Waals surface area contributed by atoms with Crippen molar-refractivity contribution in [3.05, 3.63) is 162 Å². The summed E-state index contributed by atoms with van der Waals surface area (Å²) in [7, 11) is 0. The zero-order valence-corrected chi connectivity index (χ0v) is 23.6. The van der Waals surface area contributed by atoms with Gasteiger partial charge in [0.05, 0.1) is 11.2 Å². The van der Waals surface area contributed by atoms with Crippen LogP contribution in [0.1, 0.15) is 36.2 Å². The third-order valence-corrected chi connectivity index (χ3v) is 7.52. The van der Waals surface area contributed by atoms with Crippen LogP contribution < -0.4 is 0 Å². The van der Waals surface area contributed by atoms with Gasteiger partial charge in [0.2, 0.25) is 0 Å². The summed E-state index contributed by atoms with van der Waals surface area (Å²) >= 11 is 0. The molecule has 0 atom stereocenters. The summed E-state index contributed by atoms with van der Waals surface area (Å²) in [5, 5.41) is 2.14. The lowest BCUT2D eigenvalue weighted by Crippen LogP contribution is -2.37. The summed E-state index contributed by atoms with van der Waals surface area (Å²) in [5.41, 5.74) is 7.68. The smallest absolute Gasteiger partial charge is 0.143 e. The first-order valence-corrected chi connectivity index (χ1v) is 14.1. The Labute approximate surface area is 241 Å². The van der Waals surface area contributed by atoms with Crippen molar-refractivity contribution in [3.63, 3.8) is 0 Å².